The molecule has 1 atom stereocenters. The van der Waals surface area contributed by atoms with Gasteiger partial charge in [0.15, 0.2) is 11.0 Å². The van der Waals surface area contributed by atoms with E-state index >= 15 is 0 Å². The third kappa shape index (κ3) is 4.93. The van der Waals surface area contributed by atoms with Crippen LogP contribution in [0.25, 0.3) is 17.1 Å². The molecule has 2 aromatic carbocycles. The highest BCUT2D eigenvalue weighted by Gasteiger charge is 2.23. The number of aromatic nitrogens is 4. The molecule has 0 saturated heterocycles. The van der Waals surface area contributed by atoms with Crippen molar-refractivity contribution in [3.8, 4) is 17.1 Å². The predicted octanol–water partition coefficient (Wildman–Crippen LogP) is 5.34. The number of benzene rings is 2. The molecular formula is C24H21F2N5OS. The van der Waals surface area contributed by atoms with Gasteiger partial charge in [-0.3, -0.25) is 14.3 Å². The Hall–Kier alpha value is -3.59. The Kier molecular flexibility index (Phi) is 6.50. The zero-order chi connectivity index (χ0) is 23.5. The van der Waals surface area contributed by atoms with Crippen LogP contribution in [0.2, 0.25) is 0 Å². The molecule has 0 spiro atoms. The maximum absolute atomic E-state index is 13.9. The molecule has 0 aliphatic rings. The fraction of sp³-hybridized carbons (Fsp3) is 0.167. The summed E-state index contributed by atoms with van der Waals surface area (Å²) in [5.74, 6) is -1.22. The number of halogens is 2. The van der Waals surface area contributed by atoms with Gasteiger partial charge in [0.1, 0.15) is 11.6 Å². The number of nitrogens with zero attached hydrogens (tertiary/aromatic N) is 4. The van der Waals surface area contributed by atoms with E-state index < -0.39 is 22.8 Å². The fourth-order valence-electron chi connectivity index (χ4n) is 3.17. The van der Waals surface area contributed by atoms with Crippen LogP contribution in [-0.4, -0.2) is 30.9 Å². The second-order valence-electron chi connectivity index (χ2n) is 7.52. The molecule has 168 valence electrons. The molecule has 9 heteroatoms. The molecule has 0 saturated carbocycles. The van der Waals surface area contributed by atoms with Crippen molar-refractivity contribution in [2.75, 3.05) is 5.32 Å². The fourth-order valence-corrected chi connectivity index (χ4v) is 4.04. The van der Waals surface area contributed by atoms with Crippen molar-refractivity contribution in [3.63, 3.8) is 0 Å². The smallest absolute Gasteiger partial charge is 0.237 e. The highest BCUT2D eigenvalue weighted by molar-refractivity contribution is 8.00. The van der Waals surface area contributed by atoms with Crippen LogP contribution in [0.15, 0.2) is 66.1 Å². The van der Waals surface area contributed by atoms with Crippen LogP contribution in [-0.2, 0) is 4.79 Å². The average Bonchev–Trinajstić information content (AvgIpc) is 3.22. The monoisotopic (exact) mass is 465 g/mol. The van der Waals surface area contributed by atoms with Crippen molar-refractivity contribution < 1.29 is 13.6 Å². The van der Waals surface area contributed by atoms with Crippen LogP contribution in [0.3, 0.4) is 0 Å². The van der Waals surface area contributed by atoms with Crippen LogP contribution in [0.5, 0.6) is 0 Å². The number of thioether (sulfide) groups is 1. The number of nitrogens with one attached hydrogen (secondary N) is 1. The van der Waals surface area contributed by atoms with Crippen molar-refractivity contribution in [2.45, 2.75) is 31.2 Å². The van der Waals surface area contributed by atoms with E-state index in [9.17, 15) is 13.6 Å². The minimum Gasteiger partial charge on any atom is -0.323 e. The molecule has 1 amide bonds. The van der Waals surface area contributed by atoms with E-state index in [1.165, 1.54) is 11.8 Å². The number of rotatable bonds is 6. The molecule has 33 heavy (non-hydrogen) atoms. The number of amides is 1. The number of hydrogen-bond donors (Lipinski definition) is 1. The minimum absolute atomic E-state index is 0.208. The summed E-state index contributed by atoms with van der Waals surface area (Å²) in [7, 11) is 0. The maximum atomic E-state index is 13.9. The Labute approximate surface area is 194 Å². The van der Waals surface area contributed by atoms with E-state index in [0.29, 0.717) is 11.0 Å². The lowest BCUT2D eigenvalue weighted by atomic mass is 10.1. The Morgan fingerprint density at radius 1 is 1.00 bits per heavy atom. The van der Waals surface area contributed by atoms with E-state index in [-0.39, 0.29) is 5.69 Å². The second kappa shape index (κ2) is 9.50. The number of aryl methyl sites for hydroxylation is 2. The third-order valence-electron chi connectivity index (χ3n) is 5.16. The first kappa shape index (κ1) is 22.6. The zero-order valence-corrected chi connectivity index (χ0v) is 19.0. The molecule has 0 fully saturated rings. The SMILES string of the molecule is Cc1ccc(-n2c(SC(C)C(=O)Nc3cc(F)ccc3F)nnc2-c2ccncc2)cc1C. The van der Waals surface area contributed by atoms with Crippen LogP contribution in [0.4, 0.5) is 14.5 Å². The van der Waals surface area contributed by atoms with Gasteiger partial charge in [-0.2, -0.15) is 0 Å². The molecule has 0 aliphatic heterocycles. The van der Waals surface area contributed by atoms with Gasteiger partial charge in [-0.05, 0) is 68.3 Å². The Balaban J connectivity index is 1.67. The first-order chi connectivity index (χ1) is 15.8. The van der Waals surface area contributed by atoms with Crippen molar-refractivity contribution in [2.24, 2.45) is 0 Å². The molecule has 0 bridgehead atoms. The van der Waals surface area contributed by atoms with Crippen molar-refractivity contribution >= 4 is 23.4 Å². The van der Waals surface area contributed by atoms with Crippen LogP contribution in [0.1, 0.15) is 18.1 Å². The largest absolute Gasteiger partial charge is 0.323 e. The summed E-state index contributed by atoms with van der Waals surface area (Å²) in [6.45, 7) is 5.72. The Bertz CT molecular complexity index is 1310. The molecular weight excluding hydrogens is 444 g/mol. The Morgan fingerprint density at radius 2 is 1.76 bits per heavy atom. The zero-order valence-electron chi connectivity index (χ0n) is 18.2. The number of carbonyl (C=O) groups is 1. The summed E-state index contributed by atoms with van der Waals surface area (Å²) in [5.41, 5.74) is 3.71. The third-order valence-corrected chi connectivity index (χ3v) is 6.20. The van der Waals surface area contributed by atoms with Gasteiger partial charge in [0, 0.05) is 24.0 Å². The van der Waals surface area contributed by atoms with Gasteiger partial charge in [0.2, 0.25) is 5.91 Å². The van der Waals surface area contributed by atoms with E-state index in [2.05, 4.69) is 20.5 Å². The molecule has 4 aromatic rings. The first-order valence-corrected chi connectivity index (χ1v) is 11.1. The first-order valence-electron chi connectivity index (χ1n) is 10.2. The summed E-state index contributed by atoms with van der Waals surface area (Å²) in [5, 5.41) is 11.0. The van der Waals surface area contributed by atoms with Gasteiger partial charge in [-0.25, -0.2) is 8.78 Å². The summed E-state index contributed by atoms with van der Waals surface area (Å²) in [6, 6.07) is 12.6. The summed E-state index contributed by atoms with van der Waals surface area (Å²) in [4.78, 5) is 16.8. The molecule has 2 heterocycles. The van der Waals surface area contributed by atoms with Gasteiger partial charge in [-0.1, -0.05) is 17.8 Å². The van der Waals surface area contributed by atoms with Crippen LogP contribution >= 0.6 is 11.8 Å². The van der Waals surface area contributed by atoms with Gasteiger partial charge >= 0.3 is 0 Å². The minimum atomic E-state index is -0.708. The molecule has 0 radical (unpaired) electrons. The van der Waals surface area contributed by atoms with Crippen molar-refractivity contribution in [3.05, 3.63) is 83.7 Å². The predicted molar refractivity (Wildman–Crippen MR) is 124 cm³/mol. The normalized spacial score (nSPS) is 11.9. The lowest BCUT2D eigenvalue weighted by Crippen LogP contribution is -2.23. The molecule has 1 unspecified atom stereocenters. The lowest BCUT2D eigenvalue weighted by molar-refractivity contribution is -0.115. The van der Waals surface area contributed by atoms with Crippen LogP contribution < -0.4 is 5.32 Å². The summed E-state index contributed by atoms with van der Waals surface area (Å²) in [6.07, 6.45) is 3.34. The lowest BCUT2D eigenvalue weighted by Gasteiger charge is -2.15. The second-order valence-corrected chi connectivity index (χ2v) is 8.83. The van der Waals surface area contributed by atoms with Crippen molar-refractivity contribution in [1.82, 2.24) is 19.7 Å². The number of carbonyl (C=O) groups excluding carboxylic acids is 1. The van der Waals surface area contributed by atoms with E-state index in [1.54, 1.807) is 19.3 Å². The van der Waals surface area contributed by atoms with Gasteiger partial charge in [0.25, 0.3) is 0 Å². The van der Waals surface area contributed by atoms with E-state index in [4.69, 9.17) is 0 Å². The quantitative estimate of drug-likeness (QED) is 0.389. The van der Waals surface area contributed by atoms with E-state index in [0.717, 1.165) is 40.6 Å². The van der Waals surface area contributed by atoms with Gasteiger partial charge < -0.3 is 5.32 Å². The molecule has 0 aliphatic carbocycles. The number of hydrogen-bond acceptors (Lipinski definition) is 5. The number of anilines is 1. The molecule has 6 nitrogen and oxygen atoms in total. The van der Waals surface area contributed by atoms with E-state index in [1.807, 2.05) is 48.7 Å². The standard InChI is InChI=1S/C24H21F2N5OS/c1-14-4-6-19(12-15(14)2)31-22(17-8-10-27-11-9-17)29-30-24(31)33-16(3)23(32)28-21-13-18(25)5-7-20(21)26/h4-13,16H,1-3H3,(H,28,32). The molecule has 1 N–H and O–H groups in total. The summed E-state index contributed by atoms with van der Waals surface area (Å²) >= 11 is 1.17. The van der Waals surface area contributed by atoms with Gasteiger partial charge in [0.05, 0.1) is 16.6 Å². The molecule has 4 rings (SSSR count). The van der Waals surface area contributed by atoms with Crippen molar-refractivity contribution in [1.29, 1.82) is 0 Å². The summed E-state index contributed by atoms with van der Waals surface area (Å²) < 4.78 is 29.3. The average molecular weight is 466 g/mol. The Morgan fingerprint density at radius 3 is 2.48 bits per heavy atom. The molecule has 2 aromatic heterocycles. The highest BCUT2D eigenvalue weighted by atomic mass is 32.2. The topological polar surface area (TPSA) is 72.7 Å². The number of pyridine rings is 1. The highest BCUT2D eigenvalue weighted by Crippen LogP contribution is 2.31. The maximum Gasteiger partial charge on any atom is 0.237 e. The van der Waals surface area contributed by atoms with Gasteiger partial charge in [-0.15, -0.1) is 10.2 Å². The van der Waals surface area contributed by atoms with Crippen LogP contribution in [0, 0.1) is 25.5 Å².